The standard InChI is InChI=1S/C20H27N5O4.HI/c1-15(29-19-7-5-4-6-18(19)28-3)14-24-20(21-2)23-13-12-22-16-8-10-17(11-9-16)25(26)27;/h4-11,15,22H,12-14H2,1-3H3,(H2,21,23,24);1H. The molecule has 2 aromatic carbocycles. The van der Waals surface area contributed by atoms with Gasteiger partial charge in [0.15, 0.2) is 17.5 Å². The van der Waals surface area contributed by atoms with E-state index in [1.54, 1.807) is 26.3 Å². The molecule has 10 heteroatoms. The highest BCUT2D eigenvalue weighted by Gasteiger charge is 2.09. The number of hydrogen-bond donors (Lipinski definition) is 3. The third-order valence-electron chi connectivity index (χ3n) is 4.00. The summed E-state index contributed by atoms with van der Waals surface area (Å²) < 4.78 is 11.2. The van der Waals surface area contributed by atoms with Gasteiger partial charge in [0, 0.05) is 38.0 Å². The first-order chi connectivity index (χ1) is 14.0. The molecule has 0 aliphatic rings. The van der Waals surface area contributed by atoms with Crippen molar-refractivity contribution >= 4 is 41.3 Å². The van der Waals surface area contributed by atoms with Crippen molar-refractivity contribution in [3.63, 3.8) is 0 Å². The van der Waals surface area contributed by atoms with Gasteiger partial charge in [-0.1, -0.05) is 12.1 Å². The van der Waals surface area contributed by atoms with E-state index in [1.807, 2.05) is 31.2 Å². The molecule has 0 aromatic heterocycles. The van der Waals surface area contributed by atoms with Gasteiger partial charge in [0.25, 0.3) is 5.69 Å². The lowest BCUT2D eigenvalue weighted by Gasteiger charge is -2.19. The molecule has 9 nitrogen and oxygen atoms in total. The highest BCUT2D eigenvalue weighted by Crippen LogP contribution is 2.26. The molecule has 1 unspecified atom stereocenters. The molecule has 2 rings (SSSR count). The van der Waals surface area contributed by atoms with Gasteiger partial charge in [-0.15, -0.1) is 24.0 Å². The Morgan fingerprint density at radius 3 is 2.37 bits per heavy atom. The van der Waals surface area contributed by atoms with Crippen molar-refractivity contribution < 1.29 is 14.4 Å². The molecule has 0 bridgehead atoms. The van der Waals surface area contributed by atoms with Gasteiger partial charge in [-0.3, -0.25) is 15.1 Å². The molecule has 3 N–H and O–H groups in total. The van der Waals surface area contributed by atoms with Crippen molar-refractivity contribution in [1.82, 2.24) is 10.6 Å². The zero-order chi connectivity index (χ0) is 21.1. The molecule has 0 saturated heterocycles. The van der Waals surface area contributed by atoms with Crippen LogP contribution in [0.4, 0.5) is 11.4 Å². The largest absolute Gasteiger partial charge is 0.493 e. The molecule has 0 aliphatic carbocycles. The number of nitro groups is 1. The normalized spacial score (nSPS) is 11.6. The van der Waals surface area contributed by atoms with E-state index in [0.717, 1.165) is 5.69 Å². The molecule has 2 aromatic rings. The molecule has 0 aliphatic heterocycles. The number of benzene rings is 2. The number of halogens is 1. The number of methoxy groups -OCH3 is 1. The zero-order valence-corrected chi connectivity index (χ0v) is 19.6. The van der Waals surface area contributed by atoms with Crippen LogP contribution >= 0.6 is 24.0 Å². The van der Waals surface area contributed by atoms with Crippen LogP contribution in [0.5, 0.6) is 11.5 Å². The highest BCUT2D eigenvalue weighted by atomic mass is 127. The van der Waals surface area contributed by atoms with Gasteiger partial charge in [0.05, 0.1) is 18.6 Å². The van der Waals surface area contributed by atoms with E-state index in [4.69, 9.17) is 9.47 Å². The second kappa shape index (κ2) is 13.5. The lowest BCUT2D eigenvalue weighted by Crippen LogP contribution is -2.43. The first kappa shape index (κ1) is 25.3. The summed E-state index contributed by atoms with van der Waals surface area (Å²) in [6.07, 6.45) is -0.0944. The molecule has 0 fully saturated rings. The van der Waals surface area contributed by atoms with E-state index in [2.05, 4.69) is 20.9 Å². The van der Waals surface area contributed by atoms with E-state index in [1.165, 1.54) is 12.1 Å². The fourth-order valence-electron chi connectivity index (χ4n) is 2.52. The molecule has 1 atom stereocenters. The summed E-state index contributed by atoms with van der Waals surface area (Å²) in [5.41, 5.74) is 0.891. The fourth-order valence-corrected chi connectivity index (χ4v) is 2.52. The SMILES string of the molecule is CN=C(NCCNc1ccc([N+](=O)[O-])cc1)NCC(C)Oc1ccccc1OC.I. The third-order valence-corrected chi connectivity index (χ3v) is 4.00. The van der Waals surface area contributed by atoms with Gasteiger partial charge in [0.2, 0.25) is 0 Å². The lowest BCUT2D eigenvalue weighted by atomic mass is 10.3. The average molecular weight is 529 g/mol. The average Bonchev–Trinajstić information content (AvgIpc) is 2.74. The Labute approximate surface area is 193 Å². The van der Waals surface area contributed by atoms with Gasteiger partial charge < -0.3 is 25.4 Å². The maximum atomic E-state index is 10.7. The molecule has 0 saturated carbocycles. The van der Waals surface area contributed by atoms with Crippen LogP contribution in [0.15, 0.2) is 53.5 Å². The highest BCUT2D eigenvalue weighted by molar-refractivity contribution is 14.0. The summed E-state index contributed by atoms with van der Waals surface area (Å²) in [4.78, 5) is 14.4. The van der Waals surface area contributed by atoms with Crippen LogP contribution in [0.2, 0.25) is 0 Å². The van der Waals surface area contributed by atoms with Gasteiger partial charge in [0.1, 0.15) is 6.10 Å². The maximum absolute atomic E-state index is 10.7. The molecular formula is C20H28IN5O4. The molecule has 0 heterocycles. The zero-order valence-electron chi connectivity index (χ0n) is 17.3. The fraction of sp³-hybridized carbons (Fsp3) is 0.350. The molecular weight excluding hydrogens is 501 g/mol. The van der Waals surface area contributed by atoms with E-state index < -0.39 is 4.92 Å². The Kier molecular flexibility index (Phi) is 11.3. The summed E-state index contributed by atoms with van der Waals surface area (Å²) in [7, 11) is 3.31. The lowest BCUT2D eigenvalue weighted by molar-refractivity contribution is -0.384. The monoisotopic (exact) mass is 529 g/mol. The second-order valence-electron chi connectivity index (χ2n) is 6.19. The minimum absolute atomic E-state index is 0. The topological polar surface area (TPSA) is 110 Å². The number of nitro benzene ring substituents is 1. The first-order valence-corrected chi connectivity index (χ1v) is 9.26. The number of rotatable bonds is 10. The number of nitrogens with zero attached hydrogens (tertiary/aromatic N) is 2. The Morgan fingerprint density at radius 1 is 1.10 bits per heavy atom. The van der Waals surface area contributed by atoms with Crippen molar-refractivity contribution in [2.24, 2.45) is 4.99 Å². The van der Waals surface area contributed by atoms with Gasteiger partial charge in [-0.05, 0) is 31.2 Å². The smallest absolute Gasteiger partial charge is 0.269 e. The number of nitrogens with one attached hydrogen (secondary N) is 3. The molecule has 0 radical (unpaired) electrons. The van der Waals surface area contributed by atoms with Crippen molar-refractivity contribution in [2.75, 3.05) is 39.1 Å². The van der Waals surface area contributed by atoms with Gasteiger partial charge in [-0.2, -0.15) is 0 Å². The number of non-ortho nitro benzene ring substituents is 1. The Hall–Kier alpha value is -2.76. The minimum Gasteiger partial charge on any atom is -0.493 e. The molecule has 30 heavy (non-hydrogen) atoms. The van der Waals surface area contributed by atoms with Crippen molar-refractivity contribution in [3.8, 4) is 11.5 Å². The number of ether oxygens (including phenoxy) is 2. The van der Waals surface area contributed by atoms with Crippen LogP contribution < -0.4 is 25.4 Å². The van der Waals surface area contributed by atoms with Crippen LogP contribution in [-0.2, 0) is 0 Å². The van der Waals surface area contributed by atoms with Crippen LogP contribution in [0.1, 0.15) is 6.92 Å². The summed E-state index contributed by atoms with van der Waals surface area (Å²) in [6.45, 7) is 3.78. The summed E-state index contributed by atoms with van der Waals surface area (Å²) >= 11 is 0. The van der Waals surface area contributed by atoms with Crippen LogP contribution in [0.3, 0.4) is 0 Å². The van der Waals surface area contributed by atoms with E-state index >= 15 is 0 Å². The quantitative estimate of drug-likeness (QED) is 0.108. The van der Waals surface area contributed by atoms with Crippen LogP contribution in [0.25, 0.3) is 0 Å². The van der Waals surface area contributed by atoms with Gasteiger partial charge >= 0.3 is 0 Å². The third kappa shape index (κ3) is 8.31. The predicted molar refractivity (Wildman–Crippen MR) is 129 cm³/mol. The number of anilines is 1. The first-order valence-electron chi connectivity index (χ1n) is 9.26. The van der Waals surface area contributed by atoms with Crippen LogP contribution in [0, 0.1) is 10.1 Å². The molecule has 0 spiro atoms. The molecule has 0 amide bonds. The van der Waals surface area contributed by atoms with E-state index in [-0.39, 0.29) is 35.8 Å². The predicted octanol–water partition coefficient (Wildman–Crippen LogP) is 3.27. The number of hydrogen-bond acceptors (Lipinski definition) is 6. The van der Waals surface area contributed by atoms with Crippen molar-refractivity contribution in [1.29, 1.82) is 0 Å². The summed E-state index contributed by atoms with van der Waals surface area (Å²) in [5, 5.41) is 20.3. The second-order valence-corrected chi connectivity index (χ2v) is 6.19. The minimum atomic E-state index is -0.417. The van der Waals surface area contributed by atoms with Crippen molar-refractivity contribution in [3.05, 3.63) is 58.6 Å². The van der Waals surface area contributed by atoms with Gasteiger partial charge in [-0.25, -0.2) is 0 Å². The molecule has 164 valence electrons. The summed E-state index contributed by atoms with van der Waals surface area (Å²) in [6, 6.07) is 13.8. The Bertz CT molecular complexity index is 817. The summed E-state index contributed by atoms with van der Waals surface area (Å²) in [5.74, 6) is 2.05. The Balaban J connectivity index is 0.00000450. The number of aliphatic imine (C=N–C) groups is 1. The maximum Gasteiger partial charge on any atom is 0.269 e. The Morgan fingerprint density at radius 2 is 1.77 bits per heavy atom. The van der Waals surface area contributed by atoms with E-state index in [0.29, 0.717) is 37.1 Å². The van der Waals surface area contributed by atoms with Crippen molar-refractivity contribution in [2.45, 2.75) is 13.0 Å². The van der Waals surface area contributed by atoms with Crippen LogP contribution in [-0.4, -0.2) is 50.8 Å². The number of para-hydroxylation sites is 2. The number of guanidine groups is 1. The van der Waals surface area contributed by atoms with E-state index in [9.17, 15) is 10.1 Å².